The van der Waals surface area contributed by atoms with Crippen molar-refractivity contribution < 1.29 is 0 Å². The number of imidazole rings is 1. The third-order valence-corrected chi connectivity index (χ3v) is 5.48. The van der Waals surface area contributed by atoms with Gasteiger partial charge in [-0.15, -0.1) is 0 Å². The molecule has 0 saturated heterocycles. The van der Waals surface area contributed by atoms with E-state index in [2.05, 4.69) is 20.3 Å². The van der Waals surface area contributed by atoms with E-state index in [1.54, 1.807) is 55.8 Å². The van der Waals surface area contributed by atoms with Gasteiger partial charge in [0.1, 0.15) is 5.82 Å². The average Bonchev–Trinajstić information content (AvgIpc) is 3.02. The molecule has 0 aliphatic carbocycles. The minimum absolute atomic E-state index is 0.225. The topological polar surface area (TPSA) is 103 Å². The number of hydrogen-bond donors (Lipinski definition) is 2. The number of anilines is 1. The van der Waals surface area contributed by atoms with E-state index in [0.717, 1.165) is 22.0 Å². The maximum absolute atomic E-state index is 13.1. The van der Waals surface area contributed by atoms with Crippen LogP contribution in [0.4, 0.5) is 5.82 Å². The predicted molar refractivity (Wildman–Crippen MR) is 128 cm³/mol. The van der Waals surface area contributed by atoms with Gasteiger partial charge in [0.15, 0.2) is 0 Å². The van der Waals surface area contributed by atoms with Crippen LogP contribution in [-0.4, -0.2) is 39.4 Å². The third-order valence-electron chi connectivity index (χ3n) is 5.19. The van der Waals surface area contributed by atoms with E-state index in [1.165, 1.54) is 0 Å². The molecule has 158 valence electrons. The zero-order chi connectivity index (χ0) is 22.3. The van der Waals surface area contributed by atoms with Crippen LogP contribution in [0.1, 0.15) is 6.92 Å². The van der Waals surface area contributed by atoms with Gasteiger partial charge in [-0.3, -0.25) is 19.1 Å². The summed E-state index contributed by atoms with van der Waals surface area (Å²) >= 11 is 6.33. The smallest absolute Gasteiger partial charge is 0.333 e. The SMILES string of the molecule is CN=CC(=C(C)N)n1c(=O)n(C)c2cnc3ccc(-c4cnc(NC)c(Cl)c4)cc3c21. The Morgan fingerprint density at radius 2 is 2.00 bits per heavy atom. The minimum atomic E-state index is -0.225. The molecule has 0 atom stereocenters. The molecule has 4 aromatic rings. The average molecular weight is 436 g/mol. The first-order valence-corrected chi connectivity index (χ1v) is 9.98. The highest BCUT2D eigenvalue weighted by molar-refractivity contribution is 6.33. The van der Waals surface area contributed by atoms with Crippen molar-refractivity contribution in [3.63, 3.8) is 0 Å². The first-order chi connectivity index (χ1) is 14.9. The number of allylic oxidation sites excluding steroid dienone is 2. The fourth-order valence-corrected chi connectivity index (χ4v) is 3.90. The van der Waals surface area contributed by atoms with E-state index in [9.17, 15) is 4.79 Å². The van der Waals surface area contributed by atoms with Crippen molar-refractivity contribution in [3.05, 3.63) is 57.9 Å². The van der Waals surface area contributed by atoms with Crippen molar-refractivity contribution in [2.75, 3.05) is 19.4 Å². The lowest BCUT2D eigenvalue weighted by Crippen LogP contribution is -2.23. The maximum atomic E-state index is 13.1. The second-order valence-corrected chi connectivity index (χ2v) is 7.57. The predicted octanol–water partition coefficient (Wildman–Crippen LogP) is 3.49. The molecule has 0 bridgehead atoms. The lowest BCUT2D eigenvalue weighted by atomic mass is 10.0. The van der Waals surface area contributed by atoms with Crippen LogP contribution in [0, 0.1) is 0 Å². The Kier molecular flexibility index (Phi) is 5.24. The molecule has 0 aliphatic heterocycles. The molecule has 0 unspecified atom stereocenters. The van der Waals surface area contributed by atoms with Crippen molar-refractivity contribution in [2.24, 2.45) is 17.8 Å². The second-order valence-electron chi connectivity index (χ2n) is 7.16. The molecule has 0 radical (unpaired) electrons. The third kappa shape index (κ3) is 3.34. The van der Waals surface area contributed by atoms with Crippen LogP contribution in [0.25, 0.3) is 38.8 Å². The van der Waals surface area contributed by atoms with Gasteiger partial charge >= 0.3 is 5.69 Å². The first-order valence-electron chi connectivity index (χ1n) is 9.60. The van der Waals surface area contributed by atoms with Crippen LogP contribution in [-0.2, 0) is 7.05 Å². The van der Waals surface area contributed by atoms with E-state index in [1.807, 2.05) is 24.3 Å². The summed E-state index contributed by atoms with van der Waals surface area (Å²) in [6.07, 6.45) is 5.04. The maximum Gasteiger partial charge on any atom is 0.333 e. The monoisotopic (exact) mass is 435 g/mol. The Balaban J connectivity index is 2.08. The lowest BCUT2D eigenvalue weighted by molar-refractivity contribution is 0.854. The number of benzene rings is 1. The summed E-state index contributed by atoms with van der Waals surface area (Å²) in [5.41, 5.74) is 10.8. The van der Waals surface area contributed by atoms with Crippen molar-refractivity contribution >= 4 is 51.3 Å². The van der Waals surface area contributed by atoms with Gasteiger partial charge in [0.25, 0.3) is 0 Å². The summed E-state index contributed by atoms with van der Waals surface area (Å²) in [6, 6.07) is 7.71. The highest BCUT2D eigenvalue weighted by Gasteiger charge is 2.18. The molecule has 9 heteroatoms. The zero-order valence-corrected chi connectivity index (χ0v) is 18.4. The normalized spacial score (nSPS) is 12.7. The number of rotatable bonds is 4. The second kappa shape index (κ2) is 7.88. The molecule has 3 heterocycles. The minimum Gasteiger partial charge on any atom is -0.401 e. The quantitative estimate of drug-likeness (QED) is 0.477. The fraction of sp³-hybridized carbons (Fsp3) is 0.182. The van der Waals surface area contributed by atoms with Gasteiger partial charge in [-0.05, 0) is 30.7 Å². The molecule has 0 fully saturated rings. The van der Waals surface area contributed by atoms with Crippen LogP contribution in [0.3, 0.4) is 0 Å². The highest BCUT2D eigenvalue weighted by Crippen LogP contribution is 2.31. The Hall–Kier alpha value is -3.65. The number of aryl methyl sites for hydroxylation is 1. The number of aliphatic imine (C=N–C) groups is 1. The molecule has 0 aliphatic rings. The standard InChI is InChI=1S/C22H22ClN7O/c1-12(24)18(10-25-2)30-20-15-7-13(14-8-16(23)21(26-3)28-9-14)5-6-17(15)27-11-19(20)29(4)22(30)31/h5-11H,24H2,1-4H3,(H,26,28). The van der Waals surface area contributed by atoms with Crippen LogP contribution in [0.15, 0.2) is 52.1 Å². The highest BCUT2D eigenvalue weighted by atomic mass is 35.5. The van der Waals surface area contributed by atoms with E-state index >= 15 is 0 Å². The van der Waals surface area contributed by atoms with Crippen LogP contribution >= 0.6 is 11.6 Å². The molecular weight excluding hydrogens is 414 g/mol. The summed E-state index contributed by atoms with van der Waals surface area (Å²) in [5.74, 6) is 0.610. The largest absolute Gasteiger partial charge is 0.401 e. The number of pyridine rings is 2. The van der Waals surface area contributed by atoms with Crippen LogP contribution < -0.4 is 16.7 Å². The molecule has 8 nitrogen and oxygen atoms in total. The number of nitrogens with two attached hydrogens (primary N) is 1. The molecule has 4 rings (SSSR count). The molecule has 31 heavy (non-hydrogen) atoms. The van der Waals surface area contributed by atoms with Crippen LogP contribution in [0.5, 0.6) is 0 Å². The Morgan fingerprint density at radius 3 is 2.65 bits per heavy atom. The van der Waals surface area contributed by atoms with Gasteiger partial charge in [-0.1, -0.05) is 17.7 Å². The van der Waals surface area contributed by atoms with E-state index < -0.39 is 0 Å². The molecule has 3 N–H and O–H groups in total. The summed E-state index contributed by atoms with van der Waals surface area (Å²) < 4.78 is 3.14. The number of aromatic nitrogens is 4. The Bertz CT molecular complexity index is 1440. The molecule has 0 saturated carbocycles. The number of halogens is 1. The number of fused-ring (bicyclic) bond motifs is 3. The zero-order valence-electron chi connectivity index (χ0n) is 17.6. The lowest BCUT2D eigenvalue weighted by Gasteiger charge is -2.10. The van der Waals surface area contributed by atoms with E-state index in [0.29, 0.717) is 33.3 Å². The Labute approximate surface area is 183 Å². The fourth-order valence-electron chi connectivity index (χ4n) is 3.64. The molecule has 3 aromatic heterocycles. The summed E-state index contributed by atoms with van der Waals surface area (Å²) in [6.45, 7) is 1.74. The van der Waals surface area contributed by atoms with Gasteiger partial charge in [-0.2, -0.15) is 0 Å². The van der Waals surface area contributed by atoms with Crippen molar-refractivity contribution in [2.45, 2.75) is 6.92 Å². The van der Waals surface area contributed by atoms with Crippen molar-refractivity contribution in [1.82, 2.24) is 19.1 Å². The number of nitrogens with one attached hydrogen (secondary N) is 1. The van der Waals surface area contributed by atoms with Gasteiger partial charge in [0.05, 0.1) is 33.5 Å². The van der Waals surface area contributed by atoms with Crippen molar-refractivity contribution in [3.8, 4) is 11.1 Å². The number of nitrogens with zero attached hydrogens (tertiary/aromatic N) is 5. The summed E-state index contributed by atoms with van der Waals surface area (Å²) in [7, 11) is 5.12. The van der Waals surface area contributed by atoms with E-state index in [4.69, 9.17) is 17.3 Å². The van der Waals surface area contributed by atoms with Crippen molar-refractivity contribution in [1.29, 1.82) is 0 Å². The Morgan fingerprint density at radius 1 is 1.23 bits per heavy atom. The summed E-state index contributed by atoms with van der Waals surface area (Å²) in [4.78, 5) is 26.1. The van der Waals surface area contributed by atoms with E-state index in [-0.39, 0.29) is 5.69 Å². The molecule has 1 aromatic carbocycles. The van der Waals surface area contributed by atoms with Crippen LogP contribution in [0.2, 0.25) is 5.02 Å². The van der Waals surface area contributed by atoms with Gasteiger partial charge in [0.2, 0.25) is 0 Å². The molecular formula is C22H22ClN7O. The molecule has 0 amide bonds. The number of hydrogen-bond acceptors (Lipinski definition) is 6. The summed E-state index contributed by atoms with van der Waals surface area (Å²) in [5, 5.41) is 4.29. The van der Waals surface area contributed by atoms with Gasteiger partial charge in [-0.25, -0.2) is 9.78 Å². The molecule has 0 spiro atoms. The van der Waals surface area contributed by atoms with Gasteiger partial charge < -0.3 is 11.1 Å². The first kappa shape index (κ1) is 20.6. The van der Waals surface area contributed by atoms with Gasteiger partial charge in [0, 0.05) is 50.2 Å².